The minimum atomic E-state index is -3.79. The average molecular weight is 1190 g/mol. The first kappa shape index (κ1) is 31.2. The van der Waals surface area contributed by atoms with Crippen molar-refractivity contribution in [3.63, 3.8) is 0 Å². The van der Waals surface area contributed by atoms with E-state index in [0.717, 1.165) is 46.9 Å². The number of halogens is 3. The van der Waals surface area contributed by atoms with Crippen LogP contribution >= 0.6 is 51.0 Å². The number of piperazine rings is 2. The molecule has 4 aromatic carbocycles. The molecule has 0 saturated carbocycles. The van der Waals surface area contributed by atoms with Gasteiger partial charge in [0.2, 0.25) is 11.1 Å². The van der Waals surface area contributed by atoms with Gasteiger partial charge in [-0.05, 0) is 126 Å². The smallest absolute Gasteiger partial charge is 1.00 e. The van der Waals surface area contributed by atoms with E-state index in [4.69, 9.17) is 62.0 Å². The number of fused-ring (bicyclic) bond motifs is 4. The van der Waals surface area contributed by atoms with Crippen molar-refractivity contribution in [2.24, 2.45) is 0 Å². The van der Waals surface area contributed by atoms with Gasteiger partial charge in [0, 0.05) is 130 Å². The fourth-order valence-electron chi connectivity index (χ4n) is 6.28. The Morgan fingerprint density at radius 2 is 1.19 bits per heavy atom. The molecule has 8 aromatic rings. The molecule has 0 bridgehead atoms. The zero-order valence-corrected chi connectivity index (χ0v) is 48.4. The minimum absolute atomic E-state index is 0. The molecule has 10 rings (SSSR count). The maximum atomic E-state index is 12.1. The minimum Gasteiger partial charge on any atom is -1.00 e. The number of thiophene rings is 2. The second-order valence-corrected chi connectivity index (χ2v) is 15.5. The summed E-state index contributed by atoms with van der Waals surface area (Å²) >= 11 is 5.26. The van der Waals surface area contributed by atoms with Crippen molar-refractivity contribution < 1.29 is 175 Å². The first-order valence-corrected chi connectivity index (χ1v) is 22.4. The Bertz CT molecular complexity index is 4500. The molecule has 4 aromatic heterocycles. The van der Waals surface area contributed by atoms with Crippen LogP contribution in [0.5, 0.6) is 11.5 Å². The number of anilines is 2. The number of hydrogen-bond donors (Lipinski definition) is 3. The number of H-pyrrole nitrogens is 2. The predicted molar refractivity (Wildman–Crippen MR) is 292 cm³/mol. The maximum absolute atomic E-state index is 12.1. The van der Waals surface area contributed by atoms with E-state index in [2.05, 4.69) is 41.0 Å². The molecule has 3 N–H and O–H groups in total. The van der Waals surface area contributed by atoms with Crippen molar-refractivity contribution in [3.8, 4) is 11.5 Å². The van der Waals surface area contributed by atoms with Gasteiger partial charge < -0.3 is 46.1 Å². The molecule has 6 heterocycles. The Hall–Kier alpha value is -2.26. The van der Waals surface area contributed by atoms with E-state index < -0.39 is 162 Å². The topological polar surface area (TPSA) is 155 Å². The molecule has 20 heteroatoms. The summed E-state index contributed by atoms with van der Waals surface area (Å²) in [6.45, 7) is -6.96. The van der Waals surface area contributed by atoms with Crippen LogP contribution in [0.2, 0.25) is 0 Å². The van der Waals surface area contributed by atoms with Crippen molar-refractivity contribution in [2.75, 3.05) is 94.2 Å². The molecular formula is C52H61BrClFK2N6O7S2. The summed E-state index contributed by atoms with van der Waals surface area (Å²) in [6.07, 6.45) is -14.6. The van der Waals surface area contributed by atoms with Crippen molar-refractivity contribution in [2.45, 2.75) is 25.5 Å². The molecule has 0 unspecified atom stereocenters. The number of hydrogen-bond acceptors (Lipinski definition) is 13. The van der Waals surface area contributed by atoms with Crippen LogP contribution < -0.4 is 144 Å². The number of nitrogens with one attached hydrogen (secondary N) is 3. The number of pyridine rings is 2. The molecule has 72 heavy (non-hydrogen) atoms. The van der Waals surface area contributed by atoms with Crippen LogP contribution in [0.4, 0.5) is 15.8 Å². The zero-order valence-electron chi connectivity index (χ0n) is 70.1. The fraction of sp³-hybridized carbons (Fsp3) is 0.327. The third-order valence-electron chi connectivity index (χ3n) is 9.19. The van der Waals surface area contributed by atoms with Crippen molar-refractivity contribution in [3.05, 3.63) is 140 Å². The van der Waals surface area contributed by atoms with Gasteiger partial charge in [-0.25, -0.2) is 0 Å². The van der Waals surface area contributed by atoms with Crippen LogP contribution in [0.15, 0.2) is 129 Å². The third-order valence-corrected chi connectivity index (χ3v) is 11.1. The molecule has 2 saturated heterocycles. The first-order chi connectivity index (χ1) is 46.1. The molecular weight excluding hydrogens is 1100 g/mol. The molecule has 0 aliphatic carbocycles. The molecule has 2 fully saturated rings. The number of nitrogens with zero attached hydrogens (tertiary/aromatic N) is 3. The van der Waals surface area contributed by atoms with Crippen molar-refractivity contribution in [1.29, 1.82) is 0 Å². The van der Waals surface area contributed by atoms with Gasteiger partial charge in [-0.2, -0.15) is 0 Å². The van der Waals surface area contributed by atoms with E-state index >= 15 is 0 Å². The second kappa shape index (κ2) is 35.9. The fourth-order valence-corrected chi connectivity index (χ4v) is 7.90. The van der Waals surface area contributed by atoms with Gasteiger partial charge in [0.15, 0.2) is 0 Å². The molecule has 0 radical (unpaired) electrons. The van der Waals surface area contributed by atoms with Gasteiger partial charge in [0.1, 0.15) is 11.5 Å². The van der Waals surface area contributed by atoms with Gasteiger partial charge in [-0.3, -0.25) is 23.7 Å². The zero-order chi connectivity index (χ0) is 75.9. The van der Waals surface area contributed by atoms with Gasteiger partial charge >= 0.3 is 103 Å². The number of carbonyl (C=O) groups is 1. The van der Waals surface area contributed by atoms with Gasteiger partial charge in [-0.15, -0.1) is 35.1 Å². The largest absolute Gasteiger partial charge is 1.00 e. The second-order valence-electron chi connectivity index (χ2n) is 13.2. The summed E-state index contributed by atoms with van der Waals surface area (Å²) in [7, 11) is -1.00. The number of benzene rings is 4. The van der Waals surface area contributed by atoms with Gasteiger partial charge in [0.25, 0.3) is 6.47 Å². The number of aromatic nitrogens is 2. The normalized spacial score (nSPS) is 20.7. The Morgan fingerprint density at radius 3 is 1.67 bits per heavy atom. The van der Waals surface area contributed by atoms with Gasteiger partial charge in [0.05, 0.1) is 57.3 Å². The standard InChI is InChI=1S/C25H27N3O2S.C13H14BrNO2.C12H14N2S.CH3F.CH2O3.ClH.2K.H/c29-25-9-7-19-6-8-20(18-22(19)26-25)30-16-2-1-11-27-12-14-28(15-13-27)23-4-3-5-24-21(23)10-17-31-24;14-7-1-2-8-17-11-5-3-10-4-6-13(16)15-12(10)9-11;1-2-11(14-7-5-13-6-8-14)10-4-9-15-12(10)3-1;1-2;2-1-4-3;;;;/h3-10,17-18H,1-2,11-16H2,(H,26,29);3-6,9H,1-2,7-8H2,(H,15,16);1-4,9,13H,5-8H2;1H3;1,3H;1H;;;/q;;;;;;2*+1;-1/p-1/i1D2,2D2,4D,5D,6D,7D,8D,9D,11D2,16D2,18D;1D2,2D2,3D,4D,5D,6D,7D2,8D2,9D;2D,3D;1D;;;;;. The first-order valence-electron chi connectivity index (χ1n) is 35.6. The maximum Gasteiger partial charge on any atom is 1.00 e. The van der Waals surface area contributed by atoms with Crippen LogP contribution in [0.3, 0.4) is 0 Å². The summed E-state index contributed by atoms with van der Waals surface area (Å²) < 4.78 is 269. The molecule has 0 spiro atoms. The van der Waals surface area contributed by atoms with Crippen LogP contribution in [0.25, 0.3) is 42.0 Å². The van der Waals surface area contributed by atoms with Crippen molar-refractivity contribution >= 4 is 111 Å². The predicted octanol–water partition coefficient (Wildman–Crippen LogP) is 3.68. The van der Waals surface area contributed by atoms with E-state index in [0.29, 0.717) is 27.9 Å². The number of alkyl halides is 2. The Balaban J connectivity index is 0.000000542. The van der Waals surface area contributed by atoms with Gasteiger partial charge in [-0.1, -0.05) is 28.1 Å². The summed E-state index contributed by atoms with van der Waals surface area (Å²) in [5, 5.41) is 13.4. The van der Waals surface area contributed by atoms with Crippen LogP contribution in [0, 0.1) is 0 Å². The Labute approximate surface area is 572 Å². The van der Waals surface area contributed by atoms with Crippen molar-refractivity contribution in [1.82, 2.24) is 20.2 Å². The molecule has 0 atom stereocenters. The Kier molecular flexibility index (Phi) is 15.6. The SMILES string of the molecule is Cl.O=CO[O-].[2H]CF.[2H]c1c(OC([2H])([2H])C([2H])([2H])C([2H])([2H])C([2H])([2H])Br)c([2H])c2[nH]c(=O)c([2H])c([2H])c2c1[2H].[2H]c1cc([2H])c2sccc2c1N1CCN(C([2H])([2H])C([2H])([2H])C([2H])([2H])C([2H])([2H])Oc2c([2H])c([2H])c3c([2H])c([2H])c(=O)[nH]c3c2[2H])CC1.[2H]c1cc([2H])c2sccc2c1N1CCNCC1.[H-].[K+].[K+]. The molecule has 13 nitrogen and oxygen atoms in total. The molecule has 0 amide bonds. The average Bonchev–Trinajstić information content (AvgIpc) is 1.12. The molecule has 2 aliphatic heterocycles. The van der Waals surface area contributed by atoms with Crippen LogP contribution in [-0.2, 0) is 9.68 Å². The summed E-state index contributed by atoms with van der Waals surface area (Å²) in [5.41, 5.74) is -1.72. The number of aromatic amines is 2. The summed E-state index contributed by atoms with van der Waals surface area (Å²) in [5.74, 6) is -2.08. The third kappa shape index (κ3) is 20.0. The quantitative estimate of drug-likeness (QED) is 0.0481. The summed E-state index contributed by atoms with van der Waals surface area (Å²) in [6, 6.07) is -0.380. The summed E-state index contributed by atoms with van der Waals surface area (Å²) in [4.78, 5) is 44.4. The Morgan fingerprint density at radius 1 is 0.736 bits per heavy atom. The van der Waals surface area contributed by atoms with Crippen LogP contribution in [0.1, 0.15) is 69.4 Å². The van der Waals surface area contributed by atoms with E-state index in [1.165, 1.54) is 17.4 Å². The van der Waals surface area contributed by atoms with E-state index in [-0.39, 0.29) is 161 Å². The molecule has 2 aliphatic rings. The monoisotopic (exact) mass is 1190 g/mol. The van der Waals surface area contributed by atoms with E-state index in [1.54, 1.807) is 33.7 Å². The number of ether oxygens (including phenoxy) is 2. The van der Waals surface area contributed by atoms with E-state index in [9.17, 15) is 14.0 Å². The number of rotatable bonds is 14. The van der Waals surface area contributed by atoms with E-state index in [1.807, 2.05) is 11.4 Å². The molecule has 376 valence electrons. The number of carbonyl (C=O) groups excluding carboxylic acids is 1. The van der Waals surface area contributed by atoms with Crippen LogP contribution in [-0.4, -0.2) is 106 Å².